The van der Waals surface area contributed by atoms with Crippen molar-refractivity contribution in [1.29, 1.82) is 0 Å². The van der Waals surface area contributed by atoms with Gasteiger partial charge in [0.1, 0.15) is 6.04 Å². The van der Waals surface area contributed by atoms with Crippen molar-refractivity contribution in [3.05, 3.63) is 0 Å². The molecule has 0 N–H and O–H groups in total. The van der Waals surface area contributed by atoms with Gasteiger partial charge in [-0.1, -0.05) is 58.8 Å². The molecule has 1 heterocycles. The summed E-state index contributed by atoms with van der Waals surface area (Å²) in [4.78, 5) is 25.9. The summed E-state index contributed by atoms with van der Waals surface area (Å²) >= 11 is 1.73. The van der Waals surface area contributed by atoms with E-state index in [-0.39, 0.29) is 17.3 Å². The van der Waals surface area contributed by atoms with E-state index in [4.69, 9.17) is 4.74 Å². The van der Waals surface area contributed by atoms with Crippen molar-refractivity contribution in [3.8, 4) is 0 Å². The summed E-state index contributed by atoms with van der Waals surface area (Å²) in [5.74, 6) is 0.791. The predicted molar refractivity (Wildman–Crippen MR) is 101 cm³/mol. The first-order chi connectivity index (χ1) is 11.5. The SMILES string of the molecule is CCCCCCCCCC(C)C1SC[C@@H](C(=O)OCC)N1C(C)=O. The molecule has 2 unspecified atom stereocenters. The van der Waals surface area contributed by atoms with Gasteiger partial charge in [0.05, 0.1) is 12.0 Å². The van der Waals surface area contributed by atoms with Crippen LogP contribution in [0.25, 0.3) is 0 Å². The summed E-state index contributed by atoms with van der Waals surface area (Å²) in [6, 6.07) is -0.408. The van der Waals surface area contributed by atoms with Gasteiger partial charge < -0.3 is 9.64 Å². The number of hydrogen-bond acceptors (Lipinski definition) is 4. The molecule has 140 valence electrons. The van der Waals surface area contributed by atoms with Gasteiger partial charge in [0.15, 0.2) is 0 Å². The van der Waals surface area contributed by atoms with E-state index < -0.39 is 6.04 Å². The van der Waals surface area contributed by atoms with Crippen LogP contribution in [0.1, 0.15) is 79.1 Å². The fourth-order valence-corrected chi connectivity index (χ4v) is 4.95. The molecule has 5 heteroatoms. The maximum absolute atomic E-state index is 12.1. The molecule has 24 heavy (non-hydrogen) atoms. The average molecular weight is 358 g/mol. The third kappa shape index (κ3) is 6.66. The van der Waals surface area contributed by atoms with Crippen LogP contribution >= 0.6 is 11.8 Å². The second-order valence-electron chi connectivity index (χ2n) is 6.81. The first-order valence-electron chi connectivity index (χ1n) is 9.60. The third-order valence-corrected chi connectivity index (χ3v) is 6.25. The lowest BCUT2D eigenvalue weighted by atomic mass is 10.00. The molecule has 3 atom stereocenters. The van der Waals surface area contributed by atoms with Gasteiger partial charge in [0.2, 0.25) is 5.91 Å². The quantitative estimate of drug-likeness (QED) is 0.400. The molecule has 1 rings (SSSR count). The van der Waals surface area contributed by atoms with Crippen LogP contribution in [0, 0.1) is 5.92 Å². The topological polar surface area (TPSA) is 46.6 Å². The Labute approximate surface area is 152 Å². The molecule has 0 aromatic rings. The molecule has 1 saturated heterocycles. The molecule has 0 aliphatic carbocycles. The third-order valence-electron chi connectivity index (χ3n) is 4.71. The van der Waals surface area contributed by atoms with Gasteiger partial charge in [-0.05, 0) is 19.3 Å². The van der Waals surface area contributed by atoms with E-state index in [2.05, 4.69) is 13.8 Å². The van der Waals surface area contributed by atoms with Crippen LogP contribution in [0.3, 0.4) is 0 Å². The minimum Gasteiger partial charge on any atom is -0.464 e. The number of carbonyl (C=O) groups is 2. The zero-order valence-electron chi connectivity index (χ0n) is 15.9. The number of rotatable bonds is 11. The summed E-state index contributed by atoms with van der Waals surface area (Å²) in [5, 5.41) is 0.108. The number of amides is 1. The number of thioether (sulfide) groups is 1. The first kappa shape index (κ1) is 21.3. The lowest BCUT2D eigenvalue weighted by Gasteiger charge is -2.31. The highest BCUT2D eigenvalue weighted by Gasteiger charge is 2.42. The van der Waals surface area contributed by atoms with Crippen molar-refractivity contribution in [3.63, 3.8) is 0 Å². The van der Waals surface area contributed by atoms with Crippen molar-refractivity contribution >= 4 is 23.6 Å². The fraction of sp³-hybridized carbons (Fsp3) is 0.895. The van der Waals surface area contributed by atoms with Crippen LogP contribution in [-0.2, 0) is 14.3 Å². The summed E-state index contributed by atoms with van der Waals surface area (Å²) in [5.41, 5.74) is 0. The summed E-state index contributed by atoms with van der Waals surface area (Å²) in [6.07, 6.45) is 10.2. The first-order valence-corrected chi connectivity index (χ1v) is 10.6. The minimum atomic E-state index is -0.408. The molecule has 1 fully saturated rings. The van der Waals surface area contributed by atoms with E-state index >= 15 is 0 Å². The number of unbranched alkanes of at least 4 members (excludes halogenated alkanes) is 6. The van der Waals surface area contributed by atoms with Crippen LogP contribution in [0.5, 0.6) is 0 Å². The largest absolute Gasteiger partial charge is 0.464 e. The number of carbonyl (C=O) groups excluding carboxylic acids is 2. The van der Waals surface area contributed by atoms with Crippen molar-refractivity contribution in [2.45, 2.75) is 90.5 Å². The highest BCUT2D eigenvalue weighted by Crippen LogP contribution is 2.36. The van der Waals surface area contributed by atoms with Crippen LogP contribution < -0.4 is 0 Å². The minimum absolute atomic E-state index is 0.0190. The van der Waals surface area contributed by atoms with Crippen LogP contribution in [0.4, 0.5) is 0 Å². The van der Waals surface area contributed by atoms with Crippen molar-refractivity contribution in [1.82, 2.24) is 4.90 Å². The lowest BCUT2D eigenvalue weighted by molar-refractivity contribution is -0.153. The Morgan fingerprint density at radius 3 is 2.33 bits per heavy atom. The molecule has 0 radical (unpaired) electrons. The van der Waals surface area contributed by atoms with E-state index in [1.54, 1.807) is 30.5 Å². The smallest absolute Gasteiger partial charge is 0.329 e. The lowest BCUT2D eigenvalue weighted by Crippen LogP contribution is -2.47. The Morgan fingerprint density at radius 2 is 1.75 bits per heavy atom. The molecular formula is C19H35NO3S. The van der Waals surface area contributed by atoms with Crippen LogP contribution in [0.2, 0.25) is 0 Å². The molecule has 0 aromatic heterocycles. The van der Waals surface area contributed by atoms with E-state index in [1.165, 1.54) is 44.9 Å². The molecule has 1 aliphatic rings. The monoisotopic (exact) mass is 357 g/mol. The van der Waals surface area contributed by atoms with E-state index in [0.29, 0.717) is 18.3 Å². The molecular weight excluding hydrogens is 322 g/mol. The Kier molecular flexibility index (Phi) is 10.5. The Bertz CT molecular complexity index is 389. The zero-order valence-corrected chi connectivity index (χ0v) is 16.7. The van der Waals surface area contributed by atoms with Gasteiger partial charge >= 0.3 is 5.97 Å². The van der Waals surface area contributed by atoms with Gasteiger partial charge in [-0.3, -0.25) is 4.79 Å². The maximum Gasteiger partial charge on any atom is 0.329 e. The zero-order chi connectivity index (χ0) is 17.9. The van der Waals surface area contributed by atoms with Crippen LogP contribution in [-0.4, -0.2) is 40.6 Å². The van der Waals surface area contributed by atoms with Gasteiger partial charge in [0.25, 0.3) is 0 Å². The summed E-state index contributed by atoms with van der Waals surface area (Å²) < 4.78 is 5.13. The van der Waals surface area contributed by atoms with Gasteiger partial charge in [-0.25, -0.2) is 4.79 Å². The predicted octanol–water partition coefficient (Wildman–Crippen LogP) is 4.62. The standard InChI is InChI=1S/C19H35NO3S/c1-5-7-8-9-10-11-12-13-15(3)18-20(16(4)21)17(14-24-18)19(22)23-6-2/h15,17-18H,5-14H2,1-4H3/t15?,17-,18?/m0/s1. The highest BCUT2D eigenvalue weighted by atomic mass is 32.2. The number of ether oxygens (including phenoxy) is 1. The summed E-state index contributed by atoms with van der Waals surface area (Å²) in [7, 11) is 0. The molecule has 0 saturated carbocycles. The molecule has 0 bridgehead atoms. The average Bonchev–Trinajstić information content (AvgIpc) is 2.99. The second-order valence-corrected chi connectivity index (χ2v) is 7.95. The molecule has 0 aromatic carbocycles. The van der Waals surface area contributed by atoms with Crippen LogP contribution in [0.15, 0.2) is 0 Å². The molecule has 4 nitrogen and oxygen atoms in total. The second kappa shape index (κ2) is 11.8. The normalized spacial score (nSPS) is 21.8. The molecule has 1 aliphatic heterocycles. The van der Waals surface area contributed by atoms with Crippen molar-refractivity contribution < 1.29 is 14.3 Å². The van der Waals surface area contributed by atoms with Gasteiger partial charge in [0, 0.05) is 12.7 Å². The van der Waals surface area contributed by atoms with Gasteiger partial charge in [-0.2, -0.15) is 0 Å². The van der Waals surface area contributed by atoms with Gasteiger partial charge in [-0.15, -0.1) is 11.8 Å². The van der Waals surface area contributed by atoms with E-state index in [9.17, 15) is 9.59 Å². The maximum atomic E-state index is 12.1. The Morgan fingerprint density at radius 1 is 1.12 bits per heavy atom. The van der Waals surface area contributed by atoms with E-state index in [1.807, 2.05) is 0 Å². The van der Waals surface area contributed by atoms with Crippen molar-refractivity contribution in [2.75, 3.05) is 12.4 Å². The summed E-state index contributed by atoms with van der Waals surface area (Å²) in [6.45, 7) is 8.18. The number of nitrogens with zero attached hydrogens (tertiary/aromatic N) is 1. The van der Waals surface area contributed by atoms with E-state index in [0.717, 1.165) is 6.42 Å². The highest BCUT2D eigenvalue weighted by molar-refractivity contribution is 8.00. The Hall–Kier alpha value is -0.710. The number of hydrogen-bond donors (Lipinski definition) is 0. The van der Waals surface area contributed by atoms with Crippen molar-refractivity contribution in [2.24, 2.45) is 5.92 Å². The number of esters is 1. The molecule has 0 spiro atoms. The molecule has 1 amide bonds. The Balaban J connectivity index is 2.41. The fourth-order valence-electron chi connectivity index (χ4n) is 3.35.